The summed E-state index contributed by atoms with van der Waals surface area (Å²) in [5, 5.41) is 20.8. The van der Waals surface area contributed by atoms with Crippen molar-refractivity contribution in [2.45, 2.75) is 96.4 Å². The predicted octanol–water partition coefficient (Wildman–Crippen LogP) is 6.22. The highest BCUT2D eigenvalue weighted by atomic mass is 16.5. The molecule has 1 aliphatic carbocycles. The second kappa shape index (κ2) is 8.10. The third-order valence-electron chi connectivity index (χ3n) is 6.38. The van der Waals surface area contributed by atoms with Gasteiger partial charge >= 0.3 is 0 Å². The summed E-state index contributed by atoms with van der Waals surface area (Å²) in [5.74, 6) is 0.446. The van der Waals surface area contributed by atoms with E-state index in [-0.39, 0.29) is 29.8 Å². The van der Waals surface area contributed by atoms with E-state index in [4.69, 9.17) is 11.6 Å². The van der Waals surface area contributed by atoms with Crippen LogP contribution in [0, 0.1) is 5.92 Å². The Labute approximate surface area is 177 Å². The first-order valence-electron chi connectivity index (χ1n) is 13.4. The van der Waals surface area contributed by atoms with Crippen molar-refractivity contribution < 1.29 is 21.8 Å². The zero-order valence-electron chi connectivity index (χ0n) is 22.4. The molecule has 3 nitrogen and oxygen atoms in total. The van der Waals surface area contributed by atoms with Crippen molar-refractivity contribution in [2.24, 2.45) is 5.92 Å². The number of phenolic OH excluding ortho intramolecular Hbond substituents is 1. The van der Waals surface area contributed by atoms with E-state index in [2.05, 4.69) is 6.92 Å². The summed E-state index contributed by atoms with van der Waals surface area (Å²) in [6.07, 6.45) is 5.37. The molecule has 28 heavy (non-hydrogen) atoms. The largest absolute Gasteiger partial charge is 0.508 e. The number of hydrogen-bond acceptors (Lipinski definition) is 3. The highest BCUT2D eigenvalue weighted by Crippen LogP contribution is 2.54. The van der Waals surface area contributed by atoms with Crippen LogP contribution >= 0.6 is 0 Å². The monoisotopic (exact) mass is 391 g/mol. The molecule has 1 aromatic rings. The van der Waals surface area contributed by atoms with Crippen LogP contribution in [-0.2, 0) is 5.41 Å². The van der Waals surface area contributed by atoms with Gasteiger partial charge in [0.1, 0.15) is 17.1 Å². The van der Waals surface area contributed by atoms with Gasteiger partial charge in [-0.1, -0.05) is 52.4 Å². The van der Waals surface area contributed by atoms with Crippen LogP contribution < -0.4 is 4.74 Å². The van der Waals surface area contributed by atoms with E-state index in [1.54, 1.807) is 6.07 Å². The number of aliphatic hydroxyl groups is 1. The molecule has 3 rings (SSSR count). The first kappa shape index (κ1) is 15.4. The lowest BCUT2D eigenvalue weighted by Gasteiger charge is -2.47. The zero-order chi connectivity index (χ0) is 24.6. The van der Waals surface area contributed by atoms with Gasteiger partial charge in [0, 0.05) is 24.3 Å². The lowest BCUT2D eigenvalue weighted by Crippen LogP contribution is -2.45. The molecule has 1 heterocycles. The molecule has 2 aliphatic rings. The van der Waals surface area contributed by atoms with E-state index in [1.807, 2.05) is 19.9 Å². The van der Waals surface area contributed by atoms with Crippen LogP contribution in [0.2, 0.25) is 0 Å². The lowest BCUT2D eigenvalue weighted by molar-refractivity contribution is 0.00662. The summed E-state index contributed by atoms with van der Waals surface area (Å²) in [6.45, 7) is 2.77. The average Bonchev–Trinajstić information content (AvgIpc) is 2.72. The van der Waals surface area contributed by atoms with E-state index in [1.165, 1.54) is 6.07 Å². The van der Waals surface area contributed by atoms with Gasteiger partial charge < -0.3 is 14.9 Å². The first-order valence-corrected chi connectivity index (χ1v) is 10.5. The number of fused-ring (bicyclic) bond motifs is 3. The van der Waals surface area contributed by atoms with Crippen LogP contribution in [0.5, 0.6) is 11.5 Å². The smallest absolute Gasteiger partial charge is 0.127 e. The SMILES string of the molecule is [2H]C([2H])C(c1cc(O)c2c(c1)OC(C)(C)C1CC=C(CO)CC21)(C([2H])[2H])C([2H])CCCCC. The van der Waals surface area contributed by atoms with Gasteiger partial charge in [0.15, 0.2) is 0 Å². The van der Waals surface area contributed by atoms with Gasteiger partial charge in [0.2, 0.25) is 0 Å². The minimum Gasteiger partial charge on any atom is -0.508 e. The molecule has 0 saturated heterocycles. The molecule has 1 aliphatic heterocycles. The van der Waals surface area contributed by atoms with Crippen LogP contribution in [0.3, 0.4) is 0 Å². The molecule has 0 amide bonds. The molecular formula is C25H38O3. The molecule has 1 aromatic carbocycles. The van der Waals surface area contributed by atoms with Crippen molar-refractivity contribution in [3.8, 4) is 11.5 Å². The van der Waals surface area contributed by atoms with Crippen molar-refractivity contribution in [3.05, 3.63) is 34.9 Å². The maximum atomic E-state index is 11.2. The molecular weight excluding hydrogens is 348 g/mol. The molecule has 0 aromatic heterocycles. The van der Waals surface area contributed by atoms with Gasteiger partial charge in [0.05, 0.1) is 6.61 Å². The van der Waals surface area contributed by atoms with E-state index >= 15 is 0 Å². The summed E-state index contributed by atoms with van der Waals surface area (Å²) < 4.78 is 48.3. The molecule has 0 saturated carbocycles. The van der Waals surface area contributed by atoms with E-state index in [0.29, 0.717) is 24.2 Å². The second-order valence-electron chi connectivity index (χ2n) is 8.92. The Balaban J connectivity index is 2.13. The van der Waals surface area contributed by atoms with Crippen LogP contribution in [0.1, 0.15) is 103 Å². The maximum Gasteiger partial charge on any atom is 0.127 e. The van der Waals surface area contributed by atoms with Crippen molar-refractivity contribution in [2.75, 3.05) is 6.61 Å². The number of rotatable bonds is 7. The third-order valence-corrected chi connectivity index (χ3v) is 6.38. The Morgan fingerprint density at radius 2 is 2.07 bits per heavy atom. The lowest BCUT2D eigenvalue weighted by atomic mass is 9.66. The standard InChI is InChI=1S/C25H38O3/c1-6-7-8-9-12-24(2,3)18-14-21(27)23-19-13-17(16-26)10-11-20(19)25(4,5)28-22(23)15-18/h10,14-15,19-20,26-27H,6-9,11-13,16H2,1-5H3/i2D2,3D2,12D. The number of ether oxygens (including phenoxy) is 1. The van der Waals surface area contributed by atoms with Crippen molar-refractivity contribution >= 4 is 0 Å². The predicted molar refractivity (Wildman–Crippen MR) is 115 cm³/mol. The zero-order valence-corrected chi connectivity index (χ0v) is 17.4. The summed E-state index contributed by atoms with van der Waals surface area (Å²) >= 11 is 0. The fourth-order valence-electron chi connectivity index (χ4n) is 4.70. The number of unbranched alkanes of at least 4 members (excludes halogenated alkanes) is 2. The van der Waals surface area contributed by atoms with Gasteiger partial charge in [-0.3, -0.25) is 0 Å². The van der Waals surface area contributed by atoms with Gasteiger partial charge in [-0.15, -0.1) is 0 Å². The molecule has 3 atom stereocenters. The Morgan fingerprint density at radius 1 is 1.29 bits per heavy atom. The minimum absolute atomic E-state index is 0.0290. The molecule has 2 N–H and O–H groups in total. The van der Waals surface area contributed by atoms with Gasteiger partial charge in [0.25, 0.3) is 0 Å². The Morgan fingerprint density at radius 3 is 2.75 bits per heavy atom. The fraction of sp³-hybridized carbons (Fsp3) is 0.680. The highest BCUT2D eigenvalue weighted by molar-refractivity contribution is 5.54. The summed E-state index contributed by atoms with van der Waals surface area (Å²) in [6, 6.07) is 3.12. The van der Waals surface area contributed by atoms with Gasteiger partial charge in [-0.2, -0.15) is 0 Å². The molecule has 0 bridgehead atoms. The average molecular weight is 392 g/mol. The van der Waals surface area contributed by atoms with Gasteiger partial charge in [-0.05, 0) is 61.8 Å². The number of aromatic hydroxyl groups is 1. The normalized spacial score (nSPS) is 27.4. The molecule has 156 valence electrons. The second-order valence-corrected chi connectivity index (χ2v) is 8.92. The minimum atomic E-state index is -1.70. The van der Waals surface area contributed by atoms with E-state index in [9.17, 15) is 10.2 Å². The first-order chi connectivity index (χ1) is 15.5. The number of aliphatic hydroxyl groups excluding tert-OH is 1. The van der Waals surface area contributed by atoms with Crippen LogP contribution in [0.25, 0.3) is 0 Å². The Hall–Kier alpha value is -1.48. The quantitative estimate of drug-likeness (QED) is 0.428. The third kappa shape index (κ3) is 4.10. The Kier molecular flexibility index (Phi) is 4.45. The topological polar surface area (TPSA) is 49.7 Å². The Bertz CT molecular complexity index is 860. The van der Waals surface area contributed by atoms with Crippen LogP contribution in [0.15, 0.2) is 23.8 Å². The van der Waals surface area contributed by atoms with Crippen molar-refractivity contribution in [1.29, 1.82) is 0 Å². The molecule has 0 spiro atoms. The van der Waals surface area contributed by atoms with Crippen molar-refractivity contribution in [1.82, 2.24) is 0 Å². The molecule has 0 radical (unpaired) electrons. The fourth-order valence-corrected chi connectivity index (χ4v) is 4.70. The van der Waals surface area contributed by atoms with E-state index < -0.39 is 31.2 Å². The molecule has 0 fully saturated rings. The number of allylic oxidation sites excluding steroid dienone is 1. The highest BCUT2D eigenvalue weighted by Gasteiger charge is 2.46. The number of benzene rings is 1. The van der Waals surface area contributed by atoms with Crippen LogP contribution in [-0.4, -0.2) is 22.4 Å². The summed E-state index contributed by atoms with van der Waals surface area (Å²) in [4.78, 5) is 0. The van der Waals surface area contributed by atoms with E-state index in [0.717, 1.165) is 31.3 Å². The molecule has 3 unspecified atom stereocenters. The van der Waals surface area contributed by atoms with Gasteiger partial charge in [-0.25, -0.2) is 0 Å². The number of hydrogen-bond donors (Lipinski definition) is 2. The summed E-state index contributed by atoms with van der Waals surface area (Å²) in [5.41, 5.74) is -0.403. The molecule has 3 heteroatoms. The summed E-state index contributed by atoms with van der Waals surface area (Å²) in [7, 11) is 0. The van der Waals surface area contributed by atoms with Crippen LogP contribution in [0.4, 0.5) is 0 Å². The van der Waals surface area contributed by atoms with Crippen molar-refractivity contribution in [3.63, 3.8) is 0 Å². The number of phenols is 1. The maximum absolute atomic E-state index is 11.2.